The topological polar surface area (TPSA) is 114 Å². The summed E-state index contributed by atoms with van der Waals surface area (Å²) in [5, 5.41) is 0. The fourth-order valence-electron chi connectivity index (χ4n) is 4.85. The van der Waals surface area contributed by atoms with Crippen molar-refractivity contribution < 1.29 is 42.9 Å². The third-order valence-electron chi connectivity index (χ3n) is 7.49. The van der Waals surface area contributed by atoms with E-state index in [0.29, 0.717) is 6.42 Å². The summed E-state index contributed by atoms with van der Waals surface area (Å²) in [7, 11) is 0. The standard InChI is InChI=1S/C36H54O9/c1-6-7-8-9-10-11-12-13-14-15-16-17-21-24-30(38)41-26-29(43-27(2)37)31-32(42-25-28-22-19-18-20-23-28)33(34(39)44-31)45-35(40)36(3,4)5/h18-20,22-23,29,31H,6-17,21,24-26H2,1-5H3/t29-,31+/m0/s1. The van der Waals surface area contributed by atoms with E-state index in [1.807, 2.05) is 30.3 Å². The third-order valence-corrected chi connectivity index (χ3v) is 7.49. The first-order valence-corrected chi connectivity index (χ1v) is 16.7. The van der Waals surface area contributed by atoms with Crippen LogP contribution in [-0.4, -0.2) is 42.7 Å². The molecule has 1 aliphatic rings. The van der Waals surface area contributed by atoms with E-state index in [-0.39, 0.29) is 25.4 Å². The Morgan fingerprint density at radius 2 is 1.40 bits per heavy atom. The molecule has 0 N–H and O–H groups in total. The molecule has 0 fully saturated rings. The van der Waals surface area contributed by atoms with Crippen LogP contribution in [0.3, 0.4) is 0 Å². The van der Waals surface area contributed by atoms with Crippen molar-refractivity contribution in [1.82, 2.24) is 0 Å². The van der Waals surface area contributed by atoms with Gasteiger partial charge < -0.3 is 23.7 Å². The molecule has 252 valence electrons. The molecule has 1 heterocycles. The second-order valence-electron chi connectivity index (χ2n) is 12.8. The minimum Gasteiger partial charge on any atom is -0.485 e. The van der Waals surface area contributed by atoms with Crippen LogP contribution in [0.2, 0.25) is 0 Å². The van der Waals surface area contributed by atoms with Gasteiger partial charge in [0, 0.05) is 13.3 Å². The Labute approximate surface area is 269 Å². The van der Waals surface area contributed by atoms with Crippen LogP contribution in [0.15, 0.2) is 41.9 Å². The van der Waals surface area contributed by atoms with Crippen molar-refractivity contribution in [3.63, 3.8) is 0 Å². The van der Waals surface area contributed by atoms with Crippen LogP contribution in [0.25, 0.3) is 0 Å². The number of hydrogen-bond donors (Lipinski definition) is 0. The quantitative estimate of drug-likeness (QED) is 0.0717. The third kappa shape index (κ3) is 15.0. The second-order valence-corrected chi connectivity index (χ2v) is 12.8. The zero-order valence-corrected chi connectivity index (χ0v) is 28.0. The zero-order valence-electron chi connectivity index (χ0n) is 28.0. The average molecular weight is 631 g/mol. The minimum atomic E-state index is -1.27. The maximum absolute atomic E-state index is 12.9. The van der Waals surface area contributed by atoms with Gasteiger partial charge in [-0.25, -0.2) is 4.79 Å². The van der Waals surface area contributed by atoms with Gasteiger partial charge in [-0.15, -0.1) is 0 Å². The van der Waals surface area contributed by atoms with E-state index in [4.69, 9.17) is 23.7 Å². The predicted molar refractivity (Wildman–Crippen MR) is 171 cm³/mol. The largest absolute Gasteiger partial charge is 0.485 e. The van der Waals surface area contributed by atoms with E-state index in [2.05, 4.69) is 6.92 Å². The summed E-state index contributed by atoms with van der Waals surface area (Å²) in [6.07, 6.45) is 13.4. The predicted octanol–water partition coefficient (Wildman–Crippen LogP) is 7.89. The van der Waals surface area contributed by atoms with Crippen molar-refractivity contribution >= 4 is 23.9 Å². The molecule has 1 aliphatic heterocycles. The van der Waals surface area contributed by atoms with E-state index in [9.17, 15) is 19.2 Å². The number of benzene rings is 1. The Morgan fingerprint density at radius 3 is 1.93 bits per heavy atom. The zero-order chi connectivity index (χ0) is 33.1. The first-order chi connectivity index (χ1) is 21.5. The fraction of sp³-hybridized carbons (Fsp3) is 0.667. The first-order valence-electron chi connectivity index (χ1n) is 16.7. The van der Waals surface area contributed by atoms with E-state index in [1.165, 1.54) is 64.7 Å². The number of rotatable bonds is 22. The van der Waals surface area contributed by atoms with E-state index >= 15 is 0 Å². The number of carbonyl (C=O) groups excluding carboxylic acids is 4. The Kier molecular flexibility index (Phi) is 17.3. The molecule has 0 aliphatic carbocycles. The molecule has 0 spiro atoms. The fourth-order valence-corrected chi connectivity index (χ4v) is 4.85. The van der Waals surface area contributed by atoms with Crippen LogP contribution >= 0.6 is 0 Å². The van der Waals surface area contributed by atoms with Crippen LogP contribution in [0, 0.1) is 5.41 Å². The normalized spacial score (nSPS) is 15.4. The highest BCUT2D eigenvalue weighted by atomic mass is 16.7. The summed E-state index contributed by atoms with van der Waals surface area (Å²) in [5.74, 6) is -3.20. The first kappa shape index (κ1) is 37.8. The SMILES string of the molecule is CCCCCCCCCCCCCCCC(=O)OC[C@H](OC(C)=O)[C@H]1OC(=O)C(OC(=O)C(C)(C)C)=C1OCc1ccccc1. The van der Waals surface area contributed by atoms with E-state index in [1.54, 1.807) is 20.8 Å². The van der Waals surface area contributed by atoms with Crippen LogP contribution in [0.4, 0.5) is 0 Å². The van der Waals surface area contributed by atoms with Crippen LogP contribution < -0.4 is 0 Å². The van der Waals surface area contributed by atoms with Crippen molar-refractivity contribution in [2.75, 3.05) is 6.61 Å². The molecule has 1 aromatic rings. The minimum absolute atomic E-state index is 0.0332. The highest BCUT2D eigenvalue weighted by Crippen LogP contribution is 2.31. The summed E-state index contributed by atoms with van der Waals surface area (Å²) in [6, 6.07) is 9.18. The Morgan fingerprint density at radius 1 is 0.844 bits per heavy atom. The van der Waals surface area contributed by atoms with E-state index in [0.717, 1.165) is 24.8 Å². The Bertz CT molecular complexity index is 1090. The molecule has 0 saturated heterocycles. The van der Waals surface area contributed by atoms with Gasteiger partial charge in [0.15, 0.2) is 11.9 Å². The molecule has 2 atom stereocenters. The van der Waals surface area contributed by atoms with Crippen LogP contribution in [-0.2, 0) is 49.5 Å². The molecule has 9 nitrogen and oxygen atoms in total. The molecule has 2 rings (SSSR count). The van der Waals surface area contributed by atoms with Gasteiger partial charge in [-0.05, 0) is 32.8 Å². The summed E-state index contributed by atoms with van der Waals surface area (Å²) < 4.78 is 27.7. The van der Waals surface area contributed by atoms with Crippen LogP contribution in [0.5, 0.6) is 0 Å². The van der Waals surface area contributed by atoms with Crippen molar-refractivity contribution in [3.8, 4) is 0 Å². The molecule has 0 unspecified atom stereocenters. The van der Waals surface area contributed by atoms with Gasteiger partial charge >= 0.3 is 23.9 Å². The molecule has 0 amide bonds. The number of esters is 4. The van der Waals surface area contributed by atoms with Gasteiger partial charge in [0.1, 0.15) is 13.2 Å². The Hall–Kier alpha value is -3.36. The summed E-state index contributed by atoms with van der Waals surface area (Å²) >= 11 is 0. The molecule has 0 bridgehead atoms. The molecule has 45 heavy (non-hydrogen) atoms. The lowest BCUT2D eigenvalue weighted by Crippen LogP contribution is -2.38. The van der Waals surface area contributed by atoms with Gasteiger partial charge in [-0.2, -0.15) is 0 Å². The van der Waals surface area contributed by atoms with Gasteiger partial charge in [0.2, 0.25) is 6.10 Å². The lowest BCUT2D eigenvalue weighted by Gasteiger charge is -2.24. The number of unbranched alkanes of at least 4 members (excludes halogenated alkanes) is 12. The van der Waals surface area contributed by atoms with E-state index < -0.39 is 47.3 Å². The highest BCUT2D eigenvalue weighted by molar-refractivity contribution is 5.93. The maximum Gasteiger partial charge on any atom is 0.379 e. The summed E-state index contributed by atoms with van der Waals surface area (Å²) in [5.41, 5.74) is -0.119. The van der Waals surface area contributed by atoms with Crippen molar-refractivity contribution in [2.24, 2.45) is 5.41 Å². The summed E-state index contributed by atoms with van der Waals surface area (Å²) in [4.78, 5) is 50.0. The number of carbonyl (C=O) groups is 4. The monoisotopic (exact) mass is 630 g/mol. The molecule has 0 aromatic heterocycles. The number of hydrogen-bond acceptors (Lipinski definition) is 9. The van der Waals surface area contributed by atoms with Gasteiger partial charge in [-0.1, -0.05) is 114 Å². The molecular weight excluding hydrogens is 576 g/mol. The average Bonchev–Trinajstić information content (AvgIpc) is 3.30. The van der Waals surface area contributed by atoms with Crippen molar-refractivity contribution in [2.45, 2.75) is 143 Å². The number of ether oxygens (including phenoxy) is 5. The van der Waals surface area contributed by atoms with Crippen molar-refractivity contribution in [3.05, 3.63) is 47.4 Å². The molecule has 1 aromatic carbocycles. The highest BCUT2D eigenvalue weighted by Gasteiger charge is 2.46. The molecule has 0 saturated carbocycles. The second kappa shape index (κ2) is 20.6. The van der Waals surface area contributed by atoms with Gasteiger partial charge in [-0.3, -0.25) is 14.4 Å². The van der Waals surface area contributed by atoms with Gasteiger partial charge in [0.25, 0.3) is 5.76 Å². The Balaban J connectivity index is 1.89. The molecular formula is C36H54O9. The maximum atomic E-state index is 12.9. The molecule has 9 heteroatoms. The molecule has 0 radical (unpaired) electrons. The van der Waals surface area contributed by atoms with Crippen molar-refractivity contribution in [1.29, 1.82) is 0 Å². The smallest absolute Gasteiger partial charge is 0.379 e. The van der Waals surface area contributed by atoms with Crippen LogP contribution in [0.1, 0.15) is 130 Å². The lowest BCUT2D eigenvalue weighted by molar-refractivity contribution is -0.170. The number of cyclic esters (lactones) is 1. The van der Waals surface area contributed by atoms with Gasteiger partial charge in [0.05, 0.1) is 5.41 Å². The summed E-state index contributed by atoms with van der Waals surface area (Å²) in [6.45, 7) is 8.07. The lowest BCUT2D eigenvalue weighted by atomic mass is 9.97.